The number of likely N-dealkylation sites (tertiary alicyclic amines) is 1. The molecule has 0 saturated carbocycles. The Morgan fingerprint density at radius 3 is 2.07 bits per heavy atom. The van der Waals surface area contributed by atoms with Crippen molar-refractivity contribution in [3.05, 3.63) is 0 Å². The van der Waals surface area contributed by atoms with E-state index in [9.17, 15) is 5.11 Å². The summed E-state index contributed by atoms with van der Waals surface area (Å²) in [5.41, 5.74) is 0.0620. The Morgan fingerprint density at radius 2 is 1.67 bits per heavy atom. The van der Waals surface area contributed by atoms with Crippen LogP contribution >= 0.6 is 0 Å². The van der Waals surface area contributed by atoms with Crippen LogP contribution in [0.4, 0.5) is 0 Å². The molecule has 90 valence electrons. The molecule has 1 N–H and O–H groups in total. The maximum absolute atomic E-state index is 10.4. The number of hydrogen-bond donors (Lipinski definition) is 1. The number of nitrogens with zero attached hydrogens (tertiary/aromatic N) is 1. The van der Waals surface area contributed by atoms with Gasteiger partial charge in [0, 0.05) is 5.54 Å². The lowest BCUT2D eigenvalue weighted by Crippen LogP contribution is -2.55. The maximum atomic E-state index is 10.4. The maximum Gasteiger partial charge on any atom is 0.0723 e. The fourth-order valence-corrected chi connectivity index (χ4v) is 3.08. The van der Waals surface area contributed by atoms with Gasteiger partial charge in [0.2, 0.25) is 0 Å². The van der Waals surface area contributed by atoms with Gasteiger partial charge >= 0.3 is 0 Å². The first-order chi connectivity index (χ1) is 7.21. The topological polar surface area (TPSA) is 23.5 Å². The summed E-state index contributed by atoms with van der Waals surface area (Å²) in [6.07, 6.45) is 6.64. The molecule has 0 bridgehead atoms. The van der Waals surface area contributed by atoms with E-state index in [0.717, 1.165) is 25.7 Å². The Balaban J connectivity index is 2.74. The van der Waals surface area contributed by atoms with Crippen molar-refractivity contribution in [3.63, 3.8) is 0 Å². The highest BCUT2D eigenvalue weighted by Crippen LogP contribution is 2.33. The van der Waals surface area contributed by atoms with Crippen LogP contribution in [0.25, 0.3) is 0 Å². The van der Waals surface area contributed by atoms with Crippen LogP contribution in [0.15, 0.2) is 0 Å². The van der Waals surface area contributed by atoms with Crippen molar-refractivity contribution >= 4 is 0 Å². The number of rotatable bonds is 6. The predicted molar refractivity (Wildman–Crippen MR) is 65.0 cm³/mol. The smallest absolute Gasteiger partial charge is 0.0723 e. The lowest BCUT2D eigenvalue weighted by Gasteiger charge is -2.44. The number of aliphatic hydroxyl groups is 1. The van der Waals surface area contributed by atoms with Crippen molar-refractivity contribution in [2.45, 2.75) is 70.9 Å². The van der Waals surface area contributed by atoms with E-state index in [-0.39, 0.29) is 11.6 Å². The molecule has 0 aromatic rings. The Hall–Kier alpha value is -0.0800. The second-order valence-electron chi connectivity index (χ2n) is 4.81. The summed E-state index contributed by atoms with van der Waals surface area (Å²) in [5.74, 6) is 0. The first-order valence-corrected chi connectivity index (χ1v) is 6.64. The minimum absolute atomic E-state index is 0.0620. The van der Waals surface area contributed by atoms with E-state index in [1.54, 1.807) is 0 Å². The van der Waals surface area contributed by atoms with E-state index in [0.29, 0.717) is 0 Å². The van der Waals surface area contributed by atoms with Crippen LogP contribution < -0.4 is 0 Å². The van der Waals surface area contributed by atoms with Crippen molar-refractivity contribution in [1.82, 2.24) is 4.90 Å². The Kier molecular flexibility index (Phi) is 5.07. The fraction of sp³-hybridized carbons (Fsp3) is 1.00. The summed E-state index contributed by atoms with van der Waals surface area (Å²) >= 11 is 0. The molecular weight excluding hydrogens is 186 g/mol. The lowest BCUT2D eigenvalue weighted by molar-refractivity contribution is -0.0318. The van der Waals surface area contributed by atoms with Crippen LogP contribution in [0.2, 0.25) is 0 Å². The van der Waals surface area contributed by atoms with Gasteiger partial charge < -0.3 is 5.11 Å². The van der Waals surface area contributed by atoms with Crippen molar-refractivity contribution in [2.75, 3.05) is 13.1 Å². The predicted octanol–water partition coefficient (Wildman–Crippen LogP) is 2.80. The second kappa shape index (κ2) is 5.86. The summed E-state index contributed by atoms with van der Waals surface area (Å²) in [6.45, 7) is 8.97. The minimum Gasteiger partial charge on any atom is -0.391 e. The molecule has 2 heteroatoms. The van der Waals surface area contributed by atoms with Crippen LogP contribution in [0, 0.1) is 0 Å². The third-order valence-corrected chi connectivity index (χ3v) is 4.14. The SMILES string of the molecule is CCCC(O)C(CC)(CC)N1CCCC1. The van der Waals surface area contributed by atoms with Crippen molar-refractivity contribution in [1.29, 1.82) is 0 Å². The Labute approximate surface area is 94.7 Å². The monoisotopic (exact) mass is 213 g/mol. The third-order valence-electron chi connectivity index (χ3n) is 4.14. The number of aliphatic hydroxyl groups excluding tert-OH is 1. The van der Waals surface area contributed by atoms with E-state index < -0.39 is 0 Å². The van der Waals surface area contributed by atoms with Gasteiger partial charge in [0.15, 0.2) is 0 Å². The van der Waals surface area contributed by atoms with Gasteiger partial charge in [-0.25, -0.2) is 0 Å². The molecule has 1 aliphatic rings. The molecule has 1 aliphatic heterocycles. The largest absolute Gasteiger partial charge is 0.391 e. The molecule has 1 heterocycles. The van der Waals surface area contributed by atoms with Gasteiger partial charge in [0.25, 0.3) is 0 Å². The molecule has 0 aromatic heterocycles. The van der Waals surface area contributed by atoms with Gasteiger partial charge in [-0.1, -0.05) is 27.2 Å². The lowest BCUT2D eigenvalue weighted by atomic mass is 9.82. The molecule has 1 atom stereocenters. The average Bonchev–Trinajstić information content (AvgIpc) is 2.75. The average molecular weight is 213 g/mol. The van der Waals surface area contributed by atoms with E-state index in [1.807, 2.05) is 0 Å². The van der Waals surface area contributed by atoms with Crippen LogP contribution in [0.5, 0.6) is 0 Å². The molecule has 2 nitrogen and oxygen atoms in total. The van der Waals surface area contributed by atoms with Crippen LogP contribution in [0.1, 0.15) is 59.3 Å². The summed E-state index contributed by atoms with van der Waals surface area (Å²) in [7, 11) is 0. The van der Waals surface area contributed by atoms with Gasteiger partial charge in [0.05, 0.1) is 6.10 Å². The fourth-order valence-electron chi connectivity index (χ4n) is 3.08. The van der Waals surface area contributed by atoms with E-state index in [4.69, 9.17) is 0 Å². The highest BCUT2D eigenvalue weighted by molar-refractivity contribution is 4.96. The molecule has 0 radical (unpaired) electrons. The summed E-state index contributed by atoms with van der Waals surface area (Å²) in [5, 5.41) is 10.4. The summed E-state index contributed by atoms with van der Waals surface area (Å²) < 4.78 is 0. The van der Waals surface area contributed by atoms with Crippen LogP contribution in [-0.4, -0.2) is 34.7 Å². The van der Waals surface area contributed by atoms with Gasteiger partial charge in [-0.3, -0.25) is 4.90 Å². The quantitative estimate of drug-likeness (QED) is 0.733. The van der Waals surface area contributed by atoms with Gasteiger partial charge in [-0.2, -0.15) is 0 Å². The molecule has 1 saturated heterocycles. The molecule has 1 unspecified atom stereocenters. The Morgan fingerprint density at radius 1 is 1.13 bits per heavy atom. The third kappa shape index (κ3) is 2.54. The van der Waals surface area contributed by atoms with Crippen molar-refractivity contribution < 1.29 is 5.11 Å². The zero-order valence-corrected chi connectivity index (χ0v) is 10.6. The minimum atomic E-state index is -0.143. The first kappa shape index (κ1) is 13.0. The van der Waals surface area contributed by atoms with Gasteiger partial charge in [0.1, 0.15) is 0 Å². The summed E-state index contributed by atoms with van der Waals surface area (Å²) in [4.78, 5) is 2.54. The zero-order valence-electron chi connectivity index (χ0n) is 10.6. The highest BCUT2D eigenvalue weighted by Gasteiger charge is 2.40. The standard InChI is InChI=1S/C13H27NO/c1-4-9-12(15)13(5-2,6-3)14-10-7-8-11-14/h12,15H,4-11H2,1-3H3. The molecular formula is C13H27NO. The van der Waals surface area contributed by atoms with E-state index in [2.05, 4.69) is 25.7 Å². The van der Waals surface area contributed by atoms with E-state index in [1.165, 1.54) is 25.9 Å². The zero-order chi connectivity index (χ0) is 11.3. The molecule has 15 heavy (non-hydrogen) atoms. The molecule has 0 amide bonds. The Bertz CT molecular complexity index is 171. The molecule has 0 spiro atoms. The van der Waals surface area contributed by atoms with Crippen LogP contribution in [-0.2, 0) is 0 Å². The number of hydrogen-bond acceptors (Lipinski definition) is 2. The van der Waals surface area contributed by atoms with Crippen molar-refractivity contribution in [3.8, 4) is 0 Å². The molecule has 1 rings (SSSR count). The van der Waals surface area contributed by atoms with Gasteiger partial charge in [-0.05, 0) is 45.2 Å². The molecule has 1 fully saturated rings. The molecule has 0 aliphatic carbocycles. The van der Waals surface area contributed by atoms with Gasteiger partial charge in [-0.15, -0.1) is 0 Å². The normalized spacial score (nSPS) is 20.8. The highest BCUT2D eigenvalue weighted by atomic mass is 16.3. The second-order valence-corrected chi connectivity index (χ2v) is 4.81. The summed E-state index contributed by atoms with van der Waals surface area (Å²) in [6, 6.07) is 0. The first-order valence-electron chi connectivity index (χ1n) is 6.64. The van der Waals surface area contributed by atoms with Crippen LogP contribution in [0.3, 0.4) is 0 Å². The van der Waals surface area contributed by atoms with Crippen molar-refractivity contribution in [2.24, 2.45) is 0 Å². The van der Waals surface area contributed by atoms with E-state index >= 15 is 0 Å². The molecule has 0 aromatic carbocycles.